The maximum atomic E-state index is 11.7. The molecule has 2 N–H and O–H groups in total. The van der Waals surface area contributed by atoms with Crippen molar-refractivity contribution in [1.82, 2.24) is 9.55 Å². The fraction of sp³-hybridized carbons (Fsp3) is 0.160. The first-order valence-electron chi connectivity index (χ1n) is 10.2. The van der Waals surface area contributed by atoms with Crippen molar-refractivity contribution in [3.05, 3.63) is 89.2 Å². The van der Waals surface area contributed by atoms with Crippen molar-refractivity contribution in [2.24, 2.45) is 0 Å². The molecule has 5 rings (SSSR count). The number of carbonyl (C=O) groups is 1. The van der Waals surface area contributed by atoms with Crippen molar-refractivity contribution in [1.29, 1.82) is 5.26 Å². The first kappa shape index (κ1) is 18.9. The number of hydrogen-bond acceptors (Lipinski definition) is 4. The topological polar surface area (TPSA) is 90.9 Å². The van der Waals surface area contributed by atoms with E-state index in [1.54, 1.807) is 12.3 Å². The lowest BCUT2D eigenvalue weighted by molar-refractivity contribution is 0.0697. The Morgan fingerprint density at radius 2 is 2.03 bits per heavy atom. The zero-order valence-electron chi connectivity index (χ0n) is 16.7. The highest BCUT2D eigenvalue weighted by molar-refractivity contribution is 5.95. The first-order chi connectivity index (χ1) is 15.1. The molecule has 0 aliphatic heterocycles. The number of nitrogens with zero attached hydrogens (tertiary/aromatic N) is 3. The van der Waals surface area contributed by atoms with E-state index in [-0.39, 0.29) is 5.56 Å². The van der Waals surface area contributed by atoms with E-state index in [4.69, 9.17) is 0 Å². The van der Waals surface area contributed by atoms with Gasteiger partial charge in [-0.05, 0) is 66.3 Å². The molecule has 1 saturated carbocycles. The lowest BCUT2D eigenvalue weighted by Crippen LogP contribution is -2.06. The lowest BCUT2D eigenvalue weighted by atomic mass is 10.1. The number of nitrogens with one attached hydrogen (secondary N) is 1. The molecule has 2 aromatic carbocycles. The second-order valence-corrected chi connectivity index (χ2v) is 7.86. The van der Waals surface area contributed by atoms with Gasteiger partial charge in [-0.1, -0.05) is 18.2 Å². The van der Waals surface area contributed by atoms with Gasteiger partial charge in [0, 0.05) is 35.5 Å². The Bertz CT molecular complexity index is 1350. The normalized spacial score (nSPS) is 13.1. The average Bonchev–Trinajstić information content (AvgIpc) is 3.56. The minimum absolute atomic E-state index is 0.190. The van der Waals surface area contributed by atoms with Crippen LogP contribution >= 0.6 is 0 Å². The number of aromatic carboxylic acids is 1. The summed E-state index contributed by atoms with van der Waals surface area (Å²) in [6, 6.07) is 19.5. The van der Waals surface area contributed by atoms with Gasteiger partial charge in [0.1, 0.15) is 11.4 Å². The van der Waals surface area contributed by atoms with Gasteiger partial charge in [0.2, 0.25) is 0 Å². The number of carboxylic acids is 1. The Labute approximate surface area is 179 Å². The van der Waals surface area contributed by atoms with E-state index in [1.165, 1.54) is 0 Å². The molecule has 0 bridgehead atoms. The number of nitriles is 1. The van der Waals surface area contributed by atoms with Crippen LogP contribution in [0.5, 0.6) is 0 Å². The summed E-state index contributed by atoms with van der Waals surface area (Å²) in [6.45, 7) is 0.605. The predicted molar refractivity (Wildman–Crippen MR) is 119 cm³/mol. The van der Waals surface area contributed by atoms with E-state index in [0.717, 1.165) is 40.6 Å². The Balaban J connectivity index is 1.43. The smallest absolute Gasteiger partial charge is 0.339 e. The number of pyridine rings is 1. The largest absolute Gasteiger partial charge is 0.478 e. The van der Waals surface area contributed by atoms with Crippen molar-refractivity contribution in [2.75, 3.05) is 5.32 Å². The molecule has 31 heavy (non-hydrogen) atoms. The van der Waals surface area contributed by atoms with E-state index in [9.17, 15) is 15.2 Å². The summed E-state index contributed by atoms with van der Waals surface area (Å²) in [4.78, 5) is 16.1. The third-order valence-corrected chi connectivity index (χ3v) is 5.70. The van der Waals surface area contributed by atoms with Gasteiger partial charge in [0.05, 0.1) is 11.6 Å². The molecule has 6 heteroatoms. The van der Waals surface area contributed by atoms with Gasteiger partial charge in [-0.2, -0.15) is 5.26 Å². The highest BCUT2D eigenvalue weighted by Crippen LogP contribution is 2.40. The molecule has 2 heterocycles. The Kier molecular flexibility index (Phi) is 4.64. The van der Waals surface area contributed by atoms with Crippen molar-refractivity contribution in [3.63, 3.8) is 0 Å². The zero-order valence-corrected chi connectivity index (χ0v) is 16.7. The van der Waals surface area contributed by atoms with Gasteiger partial charge in [-0.15, -0.1) is 0 Å². The number of benzene rings is 2. The molecule has 0 atom stereocenters. The number of fused-ring (bicyclic) bond motifs is 1. The molecule has 2 aromatic heterocycles. The van der Waals surface area contributed by atoms with Crippen LogP contribution in [0.25, 0.3) is 10.9 Å². The standard InChI is InChI=1S/C25H20N4O2/c26-13-18-3-1-2-4-19(18)15-29-10-9-17-11-21(7-8-23(17)29)28-24-22(25(30)31)12-20(14-27-24)16-5-6-16/h1-4,7-12,14,16H,5-6,15H2,(H,27,28)(H,30,31). The van der Waals surface area contributed by atoms with Gasteiger partial charge < -0.3 is 15.0 Å². The van der Waals surface area contributed by atoms with Gasteiger partial charge in [0.15, 0.2) is 0 Å². The molecule has 6 nitrogen and oxygen atoms in total. The first-order valence-corrected chi connectivity index (χ1v) is 10.2. The zero-order chi connectivity index (χ0) is 21.4. The highest BCUT2D eigenvalue weighted by atomic mass is 16.4. The molecule has 0 radical (unpaired) electrons. The fourth-order valence-corrected chi connectivity index (χ4v) is 3.89. The quantitative estimate of drug-likeness (QED) is 0.453. The number of rotatable bonds is 6. The lowest BCUT2D eigenvalue weighted by Gasteiger charge is -2.11. The van der Waals surface area contributed by atoms with Crippen LogP contribution < -0.4 is 5.32 Å². The SMILES string of the molecule is N#Cc1ccccc1Cn1ccc2cc(Nc3ncc(C4CC4)cc3C(=O)O)ccc21. The van der Waals surface area contributed by atoms with E-state index >= 15 is 0 Å². The van der Waals surface area contributed by atoms with Gasteiger partial charge in [-0.3, -0.25) is 0 Å². The molecular weight excluding hydrogens is 388 g/mol. The van der Waals surface area contributed by atoms with Crippen LogP contribution in [0.15, 0.2) is 67.0 Å². The van der Waals surface area contributed by atoms with Crippen molar-refractivity contribution in [3.8, 4) is 6.07 Å². The van der Waals surface area contributed by atoms with E-state index < -0.39 is 5.97 Å². The summed E-state index contributed by atoms with van der Waals surface area (Å²) in [5.41, 5.74) is 4.63. The Morgan fingerprint density at radius 3 is 2.81 bits per heavy atom. The molecule has 0 spiro atoms. The number of anilines is 2. The summed E-state index contributed by atoms with van der Waals surface area (Å²) >= 11 is 0. The van der Waals surface area contributed by atoms with Crippen molar-refractivity contribution >= 4 is 28.4 Å². The van der Waals surface area contributed by atoms with Crippen LogP contribution in [-0.4, -0.2) is 20.6 Å². The Hall–Kier alpha value is -4.11. The molecule has 0 saturated heterocycles. The molecule has 0 unspecified atom stereocenters. The summed E-state index contributed by atoms with van der Waals surface area (Å²) in [5, 5.41) is 23.1. The van der Waals surface area contributed by atoms with Crippen LogP contribution in [0.4, 0.5) is 11.5 Å². The average molecular weight is 408 g/mol. The number of hydrogen-bond donors (Lipinski definition) is 2. The maximum absolute atomic E-state index is 11.7. The molecule has 4 aromatic rings. The fourth-order valence-electron chi connectivity index (χ4n) is 3.89. The maximum Gasteiger partial charge on any atom is 0.339 e. The summed E-state index contributed by atoms with van der Waals surface area (Å²) in [7, 11) is 0. The third kappa shape index (κ3) is 3.74. The molecule has 1 fully saturated rings. The third-order valence-electron chi connectivity index (χ3n) is 5.70. The minimum Gasteiger partial charge on any atom is -0.478 e. The van der Waals surface area contributed by atoms with Gasteiger partial charge in [0.25, 0.3) is 0 Å². The van der Waals surface area contributed by atoms with Crippen LogP contribution in [0.2, 0.25) is 0 Å². The summed E-state index contributed by atoms with van der Waals surface area (Å²) in [6.07, 6.45) is 5.96. The minimum atomic E-state index is -0.985. The number of aromatic nitrogens is 2. The Morgan fingerprint density at radius 1 is 1.19 bits per heavy atom. The van der Waals surface area contributed by atoms with Gasteiger partial charge in [-0.25, -0.2) is 9.78 Å². The van der Waals surface area contributed by atoms with E-state index in [0.29, 0.717) is 23.8 Å². The van der Waals surface area contributed by atoms with Crippen LogP contribution in [0.1, 0.15) is 45.8 Å². The molecule has 152 valence electrons. The number of carboxylic acid groups (broad SMARTS) is 1. The highest BCUT2D eigenvalue weighted by Gasteiger charge is 2.26. The predicted octanol–water partition coefficient (Wildman–Crippen LogP) is 5.28. The molecule has 1 aliphatic carbocycles. The van der Waals surface area contributed by atoms with Crippen molar-refractivity contribution < 1.29 is 9.90 Å². The van der Waals surface area contributed by atoms with Crippen LogP contribution in [0.3, 0.4) is 0 Å². The molecule has 0 amide bonds. The van der Waals surface area contributed by atoms with Crippen LogP contribution in [0, 0.1) is 11.3 Å². The molecule has 1 aliphatic rings. The van der Waals surface area contributed by atoms with Gasteiger partial charge >= 0.3 is 5.97 Å². The summed E-state index contributed by atoms with van der Waals surface area (Å²) in [5.74, 6) is -0.193. The van der Waals surface area contributed by atoms with E-state index in [2.05, 4.69) is 20.9 Å². The summed E-state index contributed by atoms with van der Waals surface area (Å²) < 4.78 is 2.10. The van der Waals surface area contributed by atoms with E-state index in [1.807, 2.05) is 54.7 Å². The van der Waals surface area contributed by atoms with Crippen LogP contribution in [-0.2, 0) is 6.54 Å². The monoisotopic (exact) mass is 408 g/mol. The second kappa shape index (κ2) is 7.62. The van der Waals surface area contributed by atoms with Crippen molar-refractivity contribution in [2.45, 2.75) is 25.3 Å². The molecular formula is C25H20N4O2. The second-order valence-electron chi connectivity index (χ2n) is 7.86.